The average Bonchev–Trinajstić information content (AvgIpc) is 2.85. The number of ether oxygens (including phenoxy) is 1. The van der Waals surface area contributed by atoms with E-state index in [-0.39, 0.29) is 18.3 Å². The Kier molecular flexibility index (Phi) is 5.84. The smallest absolute Gasteiger partial charge is 0.240 e. The zero-order chi connectivity index (χ0) is 13.9. The first kappa shape index (κ1) is 16.8. The van der Waals surface area contributed by atoms with E-state index in [0.29, 0.717) is 6.54 Å². The van der Waals surface area contributed by atoms with Crippen LogP contribution in [0.15, 0.2) is 18.2 Å². The lowest BCUT2D eigenvalue weighted by molar-refractivity contribution is -0.126. The first-order chi connectivity index (χ1) is 9.05. The summed E-state index contributed by atoms with van der Waals surface area (Å²) in [6.07, 6.45) is 3.66. The van der Waals surface area contributed by atoms with Crippen molar-refractivity contribution in [3.63, 3.8) is 0 Å². The van der Waals surface area contributed by atoms with Crippen molar-refractivity contribution in [1.82, 2.24) is 5.32 Å². The standard InChI is InChI=1S/C15H22N2O2.ClH/c1-11-5-6-12(9-13(11)19-2)10-17-14(18)15(16)7-3-4-8-15;/h5-6,9H,3-4,7-8,10,16H2,1-2H3,(H,17,18);1H. The topological polar surface area (TPSA) is 64.3 Å². The van der Waals surface area contributed by atoms with E-state index in [1.807, 2.05) is 25.1 Å². The van der Waals surface area contributed by atoms with Crippen LogP contribution in [0.1, 0.15) is 36.8 Å². The van der Waals surface area contributed by atoms with Crippen LogP contribution in [0, 0.1) is 6.92 Å². The molecular weight excluding hydrogens is 276 g/mol. The summed E-state index contributed by atoms with van der Waals surface area (Å²) in [5.74, 6) is 0.805. The zero-order valence-corrected chi connectivity index (χ0v) is 12.9. The SMILES string of the molecule is COc1cc(CNC(=O)C2(N)CCCC2)ccc1C.Cl. The number of hydrogen-bond donors (Lipinski definition) is 2. The first-order valence-corrected chi connectivity index (χ1v) is 6.76. The van der Waals surface area contributed by atoms with Gasteiger partial charge in [-0.15, -0.1) is 12.4 Å². The number of carbonyl (C=O) groups is 1. The third-order valence-electron chi connectivity index (χ3n) is 3.87. The highest BCUT2D eigenvalue weighted by Crippen LogP contribution is 2.27. The molecule has 1 amide bonds. The molecule has 0 aromatic heterocycles. The van der Waals surface area contributed by atoms with Crippen LogP contribution in [0.4, 0.5) is 0 Å². The van der Waals surface area contributed by atoms with E-state index in [4.69, 9.17) is 10.5 Å². The van der Waals surface area contributed by atoms with Crippen LogP contribution in [0.2, 0.25) is 0 Å². The molecule has 0 spiro atoms. The molecule has 20 heavy (non-hydrogen) atoms. The molecule has 112 valence electrons. The van der Waals surface area contributed by atoms with Gasteiger partial charge in [0.2, 0.25) is 5.91 Å². The largest absolute Gasteiger partial charge is 0.496 e. The molecule has 1 aromatic carbocycles. The molecule has 0 radical (unpaired) electrons. The predicted molar refractivity (Wildman–Crippen MR) is 82.2 cm³/mol. The number of nitrogens with two attached hydrogens (primary N) is 1. The van der Waals surface area contributed by atoms with Crippen LogP contribution in [0.3, 0.4) is 0 Å². The van der Waals surface area contributed by atoms with Gasteiger partial charge in [0.1, 0.15) is 5.75 Å². The highest BCUT2D eigenvalue weighted by Gasteiger charge is 2.36. The normalized spacial score (nSPS) is 16.4. The van der Waals surface area contributed by atoms with Crippen LogP contribution in [0.25, 0.3) is 0 Å². The highest BCUT2D eigenvalue weighted by molar-refractivity contribution is 5.86. The Labute approximate surface area is 126 Å². The van der Waals surface area contributed by atoms with E-state index >= 15 is 0 Å². The molecule has 0 bridgehead atoms. The van der Waals surface area contributed by atoms with Gasteiger partial charge in [0.05, 0.1) is 12.6 Å². The molecule has 3 N–H and O–H groups in total. The molecular formula is C15H23ClN2O2. The molecule has 1 aliphatic rings. The minimum Gasteiger partial charge on any atom is -0.496 e. The van der Waals surface area contributed by atoms with Gasteiger partial charge >= 0.3 is 0 Å². The lowest BCUT2D eigenvalue weighted by atomic mass is 9.98. The third-order valence-corrected chi connectivity index (χ3v) is 3.87. The molecule has 0 aliphatic heterocycles. The number of carbonyl (C=O) groups excluding carboxylic acids is 1. The Morgan fingerprint density at radius 2 is 2.05 bits per heavy atom. The molecule has 1 saturated carbocycles. The fourth-order valence-electron chi connectivity index (χ4n) is 2.57. The molecule has 1 aliphatic carbocycles. The number of halogens is 1. The summed E-state index contributed by atoms with van der Waals surface area (Å²) in [5, 5.41) is 2.93. The summed E-state index contributed by atoms with van der Waals surface area (Å²) in [5.41, 5.74) is 7.56. The van der Waals surface area contributed by atoms with Crippen molar-refractivity contribution in [1.29, 1.82) is 0 Å². The molecule has 0 heterocycles. The van der Waals surface area contributed by atoms with Gasteiger partial charge in [0, 0.05) is 6.54 Å². The van der Waals surface area contributed by atoms with Gasteiger partial charge in [-0.1, -0.05) is 25.0 Å². The number of amides is 1. The van der Waals surface area contributed by atoms with Crippen molar-refractivity contribution in [2.75, 3.05) is 7.11 Å². The Morgan fingerprint density at radius 3 is 2.65 bits per heavy atom. The summed E-state index contributed by atoms with van der Waals surface area (Å²) >= 11 is 0. The number of hydrogen-bond acceptors (Lipinski definition) is 3. The van der Waals surface area contributed by atoms with E-state index in [1.165, 1.54) is 0 Å². The average molecular weight is 299 g/mol. The summed E-state index contributed by atoms with van der Waals surface area (Å²) in [6, 6.07) is 5.94. The molecule has 1 fully saturated rings. The maximum absolute atomic E-state index is 12.1. The minimum atomic E-state index is -0.658. The van der Waals surface area contributed by atoms with Crippen LogP contribution >= 0.6 is 12.4 Å². The summed E-state index contributed by atoms with van der Waals surface area (Å²) in [7, 11) is 1.65. The number of nitrogens with one attached hydrogen (secondary N) is 1. The summed E-state index contributed by atoms with van der Waals surface area (Å²) < 4.78 is 5.27. The monoisotopic (exact) mass is 298 g/mol. The second kappa shape index (κ2) is 6.95. The van der Waals surface area contributed by atoms with Crippen molar-refractivity contribution in [2.45, 2.75) is 44.7 Å². The number of methoxy groups -OCH3 is 1. The molecule has 0 unspecified atom stereocenters. The van der Waals surface area contributed by atoms with Crippen molar-refractivity contribution < 1.29 is 9.53 Å². The highest BCUT2D eigenvalue weighted by atomic mass is 35.5. The van der Waals surface area contributed by atoms with Gasteiger partial charge in [-0.2, -0.15) is 0 Å². The van der Waals surface area contributed by atoms with E-state index in [9.17, 15) is 4.79 Å². The first-order valence-electron chi connectivity index (χ1n) is 6.76. The maximum atomic E-state index is 12.1. The van der Waals surface area contributed by atoms with Gasteiger partial charge < -0.3 is 15.8 Å². The maximum Gasteiger partial charge on any atom is 0.240 e. The Hall–Kier alpha value is -1.26. The van der Waals surface area contributed by atoms with Gasteiger partial charge in [0.25, 0.3) is 0 Å². The molecule has 0 atom stereocenters. The van der Waals surface area contributed by atoms with Gasteiger partial charge in [-0.05, 0) is 37.0 Å². The fourth-order valence-corrected chi connectivity index (χ4v) is 2.57. The molecule has 0 saturated heterocycles. The summed E-state index contributed by atoms with van der Waals surface area (Å²) in [6.45, 7) is 2.49. The minimum absolute atomic E-state index is 0. The fraction of sp³-hybridized carbons (Fsp3) is 0.533. The van der Waals surface area contributed by atoms with Crippen LogP contribution in [-0.2, 0) is 11.3 Å². The predicted octanol–water partition coefficient (Wildman–Crippen LogP) is 2.31. The Bertz CT molecular complexity index is 471. The lowest BCUT2D eigenvalue weighted by Crippen LogP contribution is -2.51. The number of aryl methyl sites for hydroxylation is 1. The molecule has 4 nitrogen and oxygen atoms in total. The van der Waals surface area contributed by atoms with Crippen molar-refractivity contribution in [3.8, 4) is 5.75 Å². The van der Waals surface area contributed by atoms with Gasteiger partial charge in [-0.25, -0.2) is 0 Å². The van der Waals surface area contributed by atoms with Crippen LogP contribution < -0.4 is 15.8 Å². The van der Waals surface area contributed by atoms with Gasteiger partial charge in [-0.3, -0.25) is 4.79 Å². The third kappa shape index (κ3) is 3.64. The van der Waals surface area contributed by atoms with Crippen LogP contribution in [-0.4, -0.2) is 18.6 Å². The van der Waals surface area contributed by atoms with E-state index in [1.54, 1.807) is 7.11 Å². The second-order valence-electron chi connectivity index (χ2n) is 5.35. The Balaban J connectivity index is 0.00000200. The van der Waals surface area contributed by atoms with E-state index in [0.717, 1.165) is 42.6 Å². The quantitative estimate of drug-likeness (QED) is 0.896. The van der Waals surface area contributed by atoms with E-state index in [2.05, 4.69) is 5.32 Å². The summed E-state index contributed by atoms with van der Waals surface area (Å²) in [4.78, 5) is 12.1. The Morgan fingerprint density at radius 1 is 1.40 bits per heavy atom. The van der Waals surface area contributed by atoms with E-state index < -0.39 is 5.54 Å². The molecule has 2 rings (SSSR count). The number of benzene rings is 1. The van der Waals surface area contributed by atoms with Crippen molar-refractivity contribution >= 4 is 18.3 Å². The zero-order valence-electron chi connectivity index (χ0n) is 12.1. The van der Waals surface area contributed by atoms with Crippen molar-refractivity contribution in [2.24, 2.45) is 5.73 Å². The second-order valence-corrected chi connectivity index (χ2v) is 5.35. The molecule has 1 aromatic rings. The lowest BCUT2D eigenvalue weighted by Gasteiger charge is -2.22. The number of rotatable bonds is 4. The van der Waals surface area contributed by atoms with Crippen LogP contribution in [0.5, 0.6) is 5.75 Å². The van der Waals surface area contributed by atoms with Crippen molar-refractivity contribution in [3.05, 3.63) is 29.3 Å². The van der Waals surface area contributed by atoms with Gasteiger partial charge in [0.15, 0.2) is 0 Å². The molecule has 5 heteroatoms.